The normalized spacial score (nSPS) is 11.5. The Morgan fingerprint density at radius 1 is 1.00 bits per heavy atom. The second-order valence-corrected chi connectivity index (χ2v) is 5.84. The van der Waals surface area contributed by atoms with E-state index in [0.29, 0.717) is 11.1 Å². The van der Waals surface area contributed by atoms with Gasteiger partial charge in [0.2, 0.25) is 5.89 Å². The molecule has 0 radical (unpaired) electrons. The Bertz CT molecular complexity index is 922. The fourth-order valence-electron chi connectivity index (χ4n) is 1.90. The van der Waals surface area contributed by atoms with E-state index in [1.54, 1.807) is 0 Å². The molecule has 0 fully saturated rings. The van der Waals surface area contributed by atoms with Gasteiger partial charge in [-0.05, 0) is 59.8 Å². The van der Waals surface area contributed by atoms with Crippen LogP contribution in [0, 0.1) is 11.6 Å². The molecular weight excluding hydrogens is 350 g/mol. The Labute approximate surface area is 145 Å². The summed E-state index contributed by atoms with van der Waals surface area (Å²) in [6.07, 6.45) is 1.37. The van der Waals surface area contributed by atoms with Crippen LogP contribution >= 0.6 is 11.8 Å². The summed E-state index contributed by atoms with van der Waals surface area (Å²) < 4.78 is 31.3. The Balaban J connectivity index is 1.82. The minimum Gasteiger partial charge on any atom is -0.477 e. The molecule has 0 unspecified atom stereocenters. The molecule has 126 valence electrons. The van der Waals surface area contributed by atoms with E-state index in [-0.39, 0.29) is 16.0 Å². The highest BCUT2D eigenvalue weighted by Crippen LogP contribution is 2.30. The van der Waals surface area contributed by atoms with E-state index < -0.39 is 17.6 Å². The number of thioether (sulfide) groups is 1. The molecule has 0 amide bonds. The first-order valence-electron chi connectivity index (χ1n) is 6.99. The summed E-state index contributed by atoms with van der Waals surface area (Å²) >= 11 is 0.768. The first kappa shape index (κ1) is 16.8. The second-order valence-electron chi connectivity index (χ2n) is 4.85. The van der Waals surface area contributed by atoms with Gasteiger partial charge in [-0.1, -0.05) is 12.1 Å². The van der Waals surface area contributed by atoms with Gasteiger partial charge in [-0.2, -0.15) is 0 Å². The van der Waals surface area contributed by atoms with Crippen molar-refractivity contribution in [2.75, 3.05) is 0 Å². The van der Waals surface area contributed by atoms with E-state index in [1.807, 2.05) is 0 Å². The molecule has 0 aliphatic rings. The largest absolute Gasteiger partial charge is 0.477 e. The zero-order chi connectivity index (χ0) is 17.8. The summed E-state index contributed by atoms with van der Waals surface area (Å²) in [5.41, 5.74) is 1.03. The minimum absolute atomic E-state index is 0.0232. The summed E-state index contributed by atoms with van der Waals surface area (Å²) in [4.78, 5) is 11.3. The molecule has 0 aliphatic heterocycles. The van der Waals surface area contributed by atoms with Crippen molar-refractivity contribution in [1.82, 2.24) is 10.2 Å². The van der Waals surface area contributed by atoms with E-state index in [0.717, 1.165) is 11.8 Å². The number of halogens is 2. The minimum atomic E-state index is -1.18. The summed E-state index contributed by atoms with van der Waals surface area (Å²) in [5.74, 6) is -1.85. The van der Waals surface area contributed by atoms with Crippen LogP contribution in [0.4, 0.5) is 8.78 Å². The van der Waals surface area contributed by atoms with Crippen molar-refractivity contribution in [2.45, 2.75) is 5.22 Å². The number of carboxylic acids is 1. The fraction of sp³-hybridized carbons (Fsp3) is 0. The Hall–Kier alpha value is -3.00. The standard InChI is InChI=1S/C17H10F2N2O3S/c18-12-5-1-10(2-6-12)9-14(16(22)23)25-17-21-20-15(24-17)11-3-7-13(19)8-4-11/h1-9H,(H,22,23). The third-order valence-corrected chi connectivity index (χ3v) is 3.93. The van der Waals surface area contributed by atoms with Crippen LogP contribution in [-0.4, -0.2) is 21.3 Å². The van der Waals surface area contributed by atoms with Crippen LogP contribution in [0.25, 0.3) is 17.5 Å². The van der Waals surface area contributed by atoms with Crippen LogP contribution < -0.4 is 0 Å². The van der Waals surface area contributed by atoms with E-state index in [1.165, 1.54) is 54.6 Å². The van der Waals surface area contributed by atoms with Crippen molar-refractivity contribution in [3.63, 3.8) is 0 Å². The maximum Gasteiger partial charge on any atom is 0.342 e. The first-order chi connectivity index (χ1) is 12.0. The van der Waals surface area contributed by atoms with Crippen LogP contribution in [0.3, 0.4) is 0 Å². The fourth-order valence-corrected chi connectivity index (χ4v) is 2.57. The van der Waals surface area contributed by atoms with Crippen LogP contribution in [0.1, 0.15) is 5.56 Å². The van der Waals surface area contributed by atoms with Crippen LogP contribution in [0.2, 0.25) is 0 Å². The second kappa shape index (κ2) is 7.27. The third kappa shape index (κ3) is 4.30. The van der Waals surface area contributed by atoms with Gasteiger partial charge < -0.3 is 9.52 Å². The maximum atomic E-state index is 12.9. The van der Waals surface area contributed by atoms with E-state index in [9.17, 15) is 18.7 Å². The molecule has 0 bridgehead atoms. The van der Waals surface area contributed by atoms with Crippen molar-refractivity contribution in [2.24, 2.45) is 0 Å². The number of rotatable bonds is 5. The number of hydrogen-bond acceptors (Lipinski definition) is 5. The topological polar surface area (TPSA) is 76.2 Å². The zero-order valence-corrected chi connectivity index (χ0v) is 13.3. The number of benzene rings is 2. The molecule has 0 saturated heterocycles. The molecule has 1 aromatic heterocycles. The van der Waals surface area contributed by atoms with E-state index >= 15 is 0 Å². The maximum absolute atomic E-state index is 12.9. The van der Waals surface area contributed by atoms with E-state index in [2.05, 4.69) is 10.2 Å². The highest BCUT2D eigenvalue weighted by molar-refractivity contribution is 8.03. The Morgan fingerprint density at radius 2 is 1.60 bits per heavy atom. The van der Waals surface area contributed by atoms with Crippen molar-refractivity contribution in [3.8, 4) is 11.5 Å². The lowest BCUT2D eigenvalue weighted by atomic mass is 10.2. The summed E-state index contributed by atoms with van der Waals surface area (Å²) in [5, 5.41) is 16.9. The zero-order valence-electron chi connectivity index (χ0n) is 12.5. The highest BCUT2D eigenvalue weighted by Gasteiger charge is 2.16. The molecular formula is C17H10F2N2O3S. The summed E-state index contributed by atoms with van der Waals surface area (Å²) in [7, 11) is 0. The molecule has 1 heterocycles. The molecule has 0 atom stereocenters. The van der Waals surface area contributed by atoms with Gasteiger partial charge in [0.15, 0.2) is 0 Å². The average Bonchev–Trinajstić information content (AvgIpc) is 3.05. The molecule has 2 aromatic carbocycles. The molecule has 25 heavy (non-hydrogen) atoms. The van der Waals surface area contributed by atoms with Gasteiger partial charge in [-0.25, -0.2) is 13.6 Å². The molecule has 0 saturated carbocycles. The lowest BCUT2D eigenvalue weighted by Crippen LogP contribution is -1.96. The number of carbonyl (C=O) groups is 1. The molecule has 8 heteroatoms. The number of aromatic nitrogens is 2. The van der Waals surface area contributed by atoms with Gasteiger partial charge in [-0.3, -0.25) is 0 Å². The van der Waals surface area contributed by atoms with Gasteiger partial charge in [0, 0.05) is 5.56 Å². The number of aliphatic carboxylic acids is 1. The lowest BCUT2D eigenvalue weighted by Gasteiger charge is -1.99. The van der Waals surface area contributed by atoms with E-state index in [4.69, 9.17) is 4.42 Å². The monoisotopic (exact) mass is 360 g/mol. The number of nitrogens with zero attached hydrogens (tertiary/aromatic N) is 2. The molecule has 1 N–H and O–H groups in total. The average molecular weight is 360 g/mol. The lowest BCUT2D eigenvalue weighted by molar-refractivity contribution is -0.131. The third-order valence-electron chi connectivity index (χ3n) is 3.07. The Morgan fingerprint density at radius 3 is 2.20 bits per heavy atom. The van der Waals surface area contributed by atoms with Crippen molar-refractivity contribution in [3.05, 3.63) is 70.6 Å². The number of carboxylic acid groups (broad SMARTS) is 1. The van der Waals surface area contributed by atoms with Gasteiger partial charge in [-0.15, -0.1) is 10.2 Å². The van der Waals surface area contributed by atoms with Crippen LogP contribution in [-0.2, 0) is 4.79 Å². The van der Waals surface area contributed by atoms with Gasteiger partial charge in [0.05, 0.1) is 0 Å². The van der Waals surface area contributed by atoms with Crippen LogP contribution in [0.15, 0.2) is 63.1 Å². The molecule has 0 aliphatic carbocycles. The van der Waals surface area contributed by atoms with Gasteiger partial charge in [0.25, 0.3) is 5.22 Å². The molecule has 3 aromatic rings. The predicted octanol–water partition coefficient (Wildman–Crippen LogP) is 4.23. The highest BCUT2D eigenvalue weighted by atomic mass is 32.2. The van der Waals surface area contributed by atoms with Crippen molar-refractivity contribution < 1.29 is 23.1 Å². The predicted molar refractivity (Wildman–Crippen MR) is 87.6 cm³/mol. The smallest absolute Gasteiger partial charge is 0.342 e. The Kier molecular flexibility index (Phi) is 4.90. The van der Waals surface area contributed by atoms with Crippen molar-refractivity contribution >= 4 is 23.8 Å². The van der Waals surface area contributed by atoms with Crippen LogP contribution in [0.5, 0.6) is 0 Å². The quantitative estimate of drug-likeness (QED) is 0.542. The number of hydrogen-bond donors (Lipinski definition) is 1. The first-order valence-corrected chi connectivity index (χ1v) is 7.81. The van der Waals surface area contributed by atoms with Crippen molar-refractivity contribution in [1.29, 1.82) is 0 Å². The molecule has 0 spiro atoms. The summed E-state index contributed by atoms with van der Waals surface area (Å²) in [6, 6.07) is 10.8. The van der Waals surface area contributed by atoms with Gasteiger partial charge in [0.1, 0.15) is 16.5 Å². The van der Waals surface area contributed by atoms with Gasteiger partial charge >= 0.3 is 5.97 Å². The molecule has 3 rings (SSSR count). The summed E-state index contributed by atoms with van der Waals surface area (Å²) in [6.45, 7) is 0. The SMILES string of the molecule is O=C(O)C(=Cc1ccc(F)cc1)Sc1nnc(-c2ccc(F)cc2)o1. The molecule has 5 nitrogen and oxygen atoms in total.